The van der Waals surface area contributed by atoms with E-state index in [9.17, 15) is 10.1 Å². The summed E-state index contributed by atoms with van der Waals surface area (Å²) in [6, 6.07) is 9.07. The van der Waals surface area contributed by atoms with Crippen molar-refractivity contribution in [1.29, 1.82) is 0 Å². The molecule has 0 unspecified atom stereocenters. The summed E-state index contributed by atoms with van der Waals surface area (Å²) < 4.78 is 0. The van der Waals surface area contributed by atoms with Gasteiger partial charge in [-0.15, -0.1) is 0 Å². The van der Waals surface area contributed by atoms with Crippen molar-refractivity contribution in [3.05, 3.63) is 79.9 Å². The second-order valence-electron chi connectivity index (χ2n) is 6.98. The molecule has 1 heterocycles. The van der Waals surface area contributed by atoms with Gasteiger partial charge < -0.3 is 5.32 Å². The van der Waals surface area contributed by atoms with Crippen LogP contribution in [0.3, 0.4) is 0 Å². The topological polar surface area (TPSA) is 55.2 Å². The Morgan fingerprint density at radius 2 is 2.00 bits per heavy atom. The molecule has 1 N–H and O–H groups in total. The Hall–Kier alpha value is -2.33. The number of aryl methyl sites for hydroxylation is 2. The molecule has 0 fully saturated rings. The van der Waals surface area contributed by atoms with Crippen LogP contribution in [0.25, 0.3) is 0 Å². The fourth-order valence-electron chi connectivity index (χ4n) is 4.26. The summed E-state index contributed by atoms with van der Waals surface area (Å²) in [6.45, 7) is 4.22. The Kier molecular flexibility index (Phi) is 3.80. The molecule has 0 amide bonds. The number of nitrogens with one attached hydrogen (secondary N) is 1. The van der Waals surface area contributed by atoms with Crippen LogP contribution < -0.4 is 5.32 Å². The zero-order valence-electron chi connectivity index (χ0n) is 14.1. The van der Waals surface area contributed by atoms with Crippen molar-refractivity contribution < 1.29 is 4.92 Å². The number of hydrogen-bond donors (Lipinski definition) is 1. The molecule has 5 heteroatoms. The van der Waals surface area contributed by atoms with E-state index in [4.69, 9.17) is 11.6 Å². The lowest BCUT2D eigenvalue weighted by Crippen LogP contribution is -2.30. The Balaban J connectivity index is 1.85. The largest absolute Gasteiger partial charge is 0.377 e. The van der Waals surface area contributed by atoms with Crippen molar-refractivity contribution >= 4 is 23.0 Å². The van der Waals surface area contributed by atoms with Crippen molar-refractivity contribution in [2.45, 2.75) is 32.2 Å². The average Bonchev–Trinajstić information content (AvgIpc) is 3.05. The molecule has 0 radical (unpaired) electrons. The Morgan fingerprint density at radius 1 is 1.20 bits per heavy atom. The van der Waals surface area contributed by atoms with Crippen molar-refractivity contribution in [3.8, 4) is 0 Å². The number of anilines is 1. The molecule has 0 aromatic heterocycles. The number of fused-ring (bicyclic) bond motifs is 3. The number of hydrogen-bond acceptors (Lipinski definition) is 3. The molecule has 4 nitrogen and oxygen atoms in total. The van der Waals surface area contributed by atoms with Gasteiger partial charge in [0, 0.05) is 34.3 Å². The third kappa shape index (κ3) is 2.61. The van der Waals surface area contributed by atoms with Gasteiger partial charge >= 0.3 is 0 Å². The molecule has 0 saturated carbocycles. The first-order chi connectivity index (χ1) is 12.0. The summed E-state index contributed by atoms with van der Waals surface area (Å²) in [5.74, 6) is 0.628. The highest BCUT2D eigenvalue weighted by Crippen LogP contribution is 2.52. The van der Waals surface area contributed by atoms with E-state index < -0.39 is 0 Å². The monoisotopic (exact) mass is 354 g/mol. The zero-order valence-corrected chi connectivity index (χ0v) is 14.9. The number of non-ortho nitro benzene ring substituents is 1. The number of benzene rings is 2. The molecule has 25 heavy (non-hydrogen) atoms. The Labute approximate surface area is 151 Å². The minimum Gasteiger partial charge on any atom is -0.377 e. The fraction of sp³-hybridized carbons (Fsp3) is 0.300. The highest BCUT2D eigenvalue weighted by atomic mass is 35.5. The summed E-state index contributed by atoms with van der Waals surface area (Å²) in [7, 11) is 0. The van der Waals surface area contributed by atoms with Crippen LogP contribution in [0, 0.1) is 29.9 Å². The quantitative estimate of drug-likeness (QED) is 0.428. The molecule has 3 atom stereocenters. The molecule has 0 bridgehead atoms. The standard InChI is InChI=1S/C20H19ClN2O2/c1-11-8-12(2)19-16(9-11)14-4-3-5-15(14)20(22-19)17-10-13(23(24)25)6-7-18(17)21/h3-4,6-10,14-15,20,22H,5H2,1-2H3/t14-,15+,20-/m1/s1. The van der Waals surface area contributed by atoms with Crippen LogP contribution in [0.1, 0.15) is 40.6 Å². The summed E-state index contributed by atoms with van der Waals surface area (Å²) in [4.78, 5) is 10.8. The summed E-state index contributed by atoms with van der Waals surface area (Å²) in [6.07, 6.45) is 5.41. The van der Waals surface area contributed by atoms with E-state index in [0.717, 1.165) is 17.7 Å². The lowest BCUT2D eigenvalue weighted by molar-refractivity contribution is -0.384. The summed E-state index contributed by atoms with van der Waals surface area (Å²) in [5, 5.41) is 15.4. The summed E-state index contributed by atoms with van der Waals surface area (Å²) >= 11 is 6.43. The van der Waals surface area contributed by atoms with Crippen molar-refractivity contribution in [3.63, 3.8) is 0 Å². The van der Waals surface area contributed by atoms with Gasteiger partial charge in [-0.25, -0.2) is 0 Å². The molecule has 0 spiro atoms. The smallest absolute Gasteiger partial charge is 0.269 e. The minimum atomic E-state index is -0.365. The highest BCUT2D eigenvalue weighted by molar-refractivity contribution is 6.31. The van der Waals surface area contributed by atoms with Gasteiger partial charge in [-0.05, 0) is 43.4 Å². The van der Waals surface area contributed by atoms with Crippen molar-refractivity contribution in [2.75, 3.05) is 5.32 Å². The molecule has 2 aromatic carbocycles. The molecule has 4 rings (SSSR count). The third-order valence-electron chi connectivity index (χ3n) is 5.34. The maximum absolute atomic E-state index is 11.2. The maximum Gasteiger partial charge on any atom is 0.269 e. The number of nitro benzene ring substituents is 1. The molecule has 0 saturated heterocycles. The van der Waals surface area contributed by atoms with Gasteiger partial charge in [0.2, 0.25) is 0 Å². The predicted molar refractivity (Wildman–Crippen MR) is 100 cm³/mol. The number of halogens is 1. The van der Waals surface area contributed by atoms with Crippen LogP contribution in [0.4, 0.5) is 11.4 Å². The molecule has 2 aromatic rings. The normalized spacial score (nSPS) is 23.7. The van der Waals surface area contributed by atoms with E-state index in [2.05, 4.69) is 43.4 Å². The van der Waals surface area contributed by atoms with Crippen LogP contribution in [-0.4, -0.2) is 4.92 Å². The van der Waals surface area contributed by atoms with E-state index in [1.165, 1.54) is 22.8 Å². The van der Waals surface area contributed by atoms with Crippen LogP contribution in [0.2, 0.25) is 5.02 Å². The first-order valence-corrected chi connectivity index (χ1v) is 8.81. The van der Waals surface area contributed by atoms with Crippen LogP contribution in [0.5, 0.6) is 0 Å². The van der Waals surface area contributed by atoms with E-state index in [1.807, 2.05) is 0 Å². The molecule has 128 valence electrons. The predicted octanol–water partition coefficient (Wildman–Crippen LogP) is 5.69. The van der Waals surface area contributed by atoms with E-state index >= 15 is 0 Å². The highest BCUT2D eigenvalue weighted by Gasteiger charge is 2.39. The van der Waals surface area contributed by atoms with Gasteiger partial charge in [0.05, 0.1) is 11.0 Å². The average molecular weight is 355 g/mol. The van der Waals surface area contributed by atoms with Crippen LogP contribution in [-0.2, 0) is 0 Å². The van der Waals surface area contributed by atoms with E-state index in [1.54, 1.807) is 12.1 Å². The Morgan fingerprint density at radius 3 is 2.76 bits per heavy atom. The van der Waals surface area contributed by atoms with Gasteiger partial charge in [0.1, 0.15) is 0 Å². The first-order valence-electron chi connectivity index (χ1n) is 8.44. The molecular formula is C20H19ClN2O2. The summed E-state index contributed by atoms with van der Waals surface area (Å²) in [5.41, 5.74) is 5.78. The lowest BCUT2D eigenvalue weighted by atomic mass is 9.76. The first kappa shape index (κ1) is 16.2. The third-order valence-corrected chi connectivity index (χ3v) is 5.68. The maximum atomic E-state index is 11.2. The molecule has 2 aliphatic rings. The van der Waals surface area contributed by atoms with Gasteiger partial charge in [-0.2, -0.15) is 0 Å². The fourth-order valence-corrected chi connectivity index (χ4v) is 4.50. The van der Waals surface area contributed by atoms with Gasteiger partial charge in [-0.1, -0.05) is 41.4 Å². The number of rotatable bonds is 2. The second kappa shape index (κ2) is 5.88. The van der Waals surface area contributed by atoms with Crippen LogP contribution in [0.15, 0.2) is 42.5 Å². The van der Waals surface area contributed by atoms with Gasteiger partial charge in [-0.3, -0.25) is 10.1 Å². The number of nitro groups is 1. The SMILES string of the molecule is Cc1cc(C)c2c(c1)[C@@H]1C=CC[C@@H]1[C@H](c1cc([N+](=O)[O-])ccc1Cl)N2. The van der Waals surface area contributed by atoms with Crippen molar-refractivity contribution in [2.24, 2.45) is 5.92 Å². The molecular weight excluding hydrogens is 336 g/mol. The zero-order chi connectivity index (χ0) is 17.7. The van der Waals surface area contributed by atoms with E-state index in [-0.39, 0.29) is 16.7 Å². The van der Waals surface area contributed by atoms with Gasteiger partial charge in [0.25, 0.3) is 5.69 Å². The van der Waals surface area contributed by atoms with Crippen LogP contribution >= 0.6 is 11.6 Å². The van der Waals surface area contributed by atoms with Gasteiger partial charge in [0.15, 0.2) is 0 Å². The second-order valence-corrected chi connectivity index (χ2v) is 7.39. The number of nitrogens with zero attached hydrogens (tertiary/aromatic N) is 1. The molecule has 1 aliphatic carbocycles. The Bertz CT molecular complexity index is 907. The van der Waals surface area contributed by atoms with E-state index in [0.29, 0.717) is 16.9 Å². The molecule has 1 aliphatic heterocycles. The minimum absolute atomic E-state index is 0.0405. The number of allylic oxidation sites excluding steroid dienone is 2. The lowest BCUT2D eigenvalue weighted by Gasteiger charge is -2.38. The van der Waals surface area contributed by atoms with Crippen molar-refractivity contribution in [1.82, 2.24) is 0 Å².